The summed E-state index contributed by atoms with van der Waals surface area (Å²) in [6, 6.07) is 5.69. The largest absolute Gasteiger partial charge is 0.494 e. The van der Waals surface area contributed by atoms with E-state index in [0.29, 0.717) is 18.0 Å². The van der Waals surface area contributed by atoms with Crippen molar-refractivity contribution in [2.24, 2.45) is 5.92 Å². The Morgan fingerprint density at radius 1 is 1.13 bits per heavy atom. The zero-order valence-electron chi connectivity index (χ0n) is 14.7. The normalized spacial score (nSPS) is 19.9. The molecule has 1 saturated heterocycles. The summed E-state index contributed by atoms with van der Waals surface area (Å²) >= 11 is 0. The molecule has 1 aliphatic rings. The molecule has 1 fully saturated rings. The Bertz CT molecular complexity index is 771. The van der Waals surface area contributed by atoms with Crippen LogP contribution in [0.15, 0.2) is 27.4 Å². The third-order valence-electron chi connectivity index (χ3n) is 4.77. The van der Waals surface area contributed by atoms with Crippen LogP contribution in [0.4, 0.5) is 0 Å². The summed E-state index contributed by atoms with van der Waals surface area (Å²) in [5, 5.41) is 0. The van der Waals surface area contributed by atoms with Crippen LogP contribution in [0.25, 0.3) is 11.1 Å². The molecule has 0 unspecified atom stereocenters. The summed E-state index contributed by atoms with van der Waals surface area (Å²) in [6.07, 6.45) is 0. The monoisotopic (exact) mass is 317 g/mol. The SMILES string of the molecule is CC(C)Cn1c(=O)oc2cc(B3OC(C)(C)C(C)(C)O3)ccc21. The average Bonchev–Trinajstić information content (AvgIpc) is 2.83. The summed E-state index contributed by atoms with van der Waals surface area (Å²) in [6.45, 7) is 12.9. The van der Waals surface area contributed by atoms with E-state index in [1.165, 1.54) is 0 Å². The molecule has 1 aliphatic heterocycles. The number of aromatic nitrogens is 1. The Labute approximate surface area is 136 Å². The highest BCUT2D eigenvalue weighted by Crippen LogP contribution is 2.36. The molecule has 0 aliphatic carbocycles. The maximum Gasteiger partial charge on any atom is 0.494 e. The maximum absolute atomic E-state index is 12.0. The van der Waals surface area contributed by atoms with E-state index in [0.717, 1.165) is 11.0 Å². The van der Waals surface area contributed by atoms with Crippen LogP contribution in [0.2, 0.25) is 0 Å². The second-order valence-corrected chi connectivity index (χ2v) is 7.69. The molecule has 0 spiro atoms. The van der Waals surface area contributed by atoms with Crippen molar-refractivity contribution >= 4 is 23.7 Å². The van der Waals surface area contributed by atoms with Crippen molar-refractivity contribution in [1.29, 1.82) is 0 Å². The molecule has 6 heteroatoms. The van der Waals surface area contributed by atoms with E-state index in [4.69, 9.17) is 13.7 Å². The predicted molar refractivity (Wildman–Crippen MR) is 91.0 cm³/mol. The molecule has 0 saturated carbocycles. The summed E-state index contributed by atoms with van der Waals surface area (Å²) in [4.78, 5) is 12.0. The second kappa shape index (κ2) is 5.25. The molecule has 2 aromatic rings. The van der Waals surface area contributed by atoms with E-state index < -0.39 is 18.3 Å². The van der Waals surface area contributed by atoms with E-state index in [2.05, 4.69) is 13.8 Å². The smallest absolute Gasteiger partial charge is 0.408 e. The maximum atomic E-state index is 12.0. The van der Waals surface area contributed by atoms with Gasteiger partial charge >= 0.3 is 12.9 Å². The van der Waals surface area contributed by atoms with Crippen LogP contribution in [0, 0.1) is 5.92 Å². The Morgan fingerprint density at radius 2 is 1.74 bits per heavy atom. The minimum Gasteiger partial charge on any atom is -0.408 e. The van der Waals surface area contributed by atoms with Crippen molar-refractivity contribution in [3.63, 3.8) is 0 Å². The fourth-order valence-electron chi connectivity index (χ4n) is 2.75. The second-order valence-electron chi connectivity index (χ2n) is 7.69. The average molecular weight is 317 g/mol. The van der Waals surface area contributed by atoms with Crippen LogP contribution in [-0.4, -0.2) is 22.9 Å². The minimum absolute atomic E-state index is 0.320. The molecule has 0 N–H and O–H groups in total. The van der Waals surface area contributed by atoms with Gasteiger partial charge < -0.3 is 13.7 Å². The Balaban J connectivity index is 1.98. The van der Waals surface area contributed by atoms with Gasteiger partial charge in [-0.05, 0) is 51.2 Å². The first-order valence-corrected chi connectivity index (χ1v) is 8.10. The van der Waals surface area contributed by atoms with Gasteiger partial charge in [0.05, 0.1) is 16.7 Å². The minimum atomic E-state index is -0.455. The molecule has 0 bridgehead atoms. The number of benzene rings is 1. The summed E-state index contributed by atoms with van der Waals surface area (Å²) < 4.78 is 19.2. The van der Waals surface area contributed by atoms with Gasteiger partial charge in [0, 0.05) is 6.54 Å². The fraction of sp³-hybridized carbons (Fsp3) is 0.588. The van der Waals surface area contributed by atoms with Crippen molar-refractivity contribution in [2.45, 2.75) is 59.3 Å². The van der Waals surface area contributed by atoms with Crippen molar-refractivity contribution in [1.82, 2.24) is 4.57 Å². The number of fused-ring (bicyclic) bond motifs is 1. The van der Waals surface area contributed by atoms with E-state index in [1.54, 1.807) is 4.57 Å². The number of hydrogen-bond acceptors (Lipinski definition) is 4. The van der Waals surface area contributed by atoms with Crippen LogP contribution in [0.3, 0.4) is 0 Å². The van der Waals surface area contributed by atoms with E-state index >= 15 is 0 Å². The summed E-state index contributed by atoms with van der Waals surface area (Å²) in [7, 11) is -0.455. The first-order chi connectivity index (χ1) is 10.6. The van der Waals surface area contributed by atoms with Crippen LogP contribution in [0.1, 0.15) is 41.5 Å². The summed E-state index contributed by atoms with van der Waals surface area (Å²) in [5.74, 6) is 0.0519. The van der Waals surface area contributed by atoms with Crippen molar-refractivity contribution in [2.75, 3.05) is 0 Å². The number of oxazole rings is 1. The predicted octanol–water partition coefficient (Wildman–Crippen LogP) is 2.55. The van der Waals surface area contributed by atoms with Gasteiger partial charge in [0.2, 0.25) is 0 Å². The molecule has 1 aromatic carbocycles. The zero-order valence-corrected chi connectivity index (χ0v) is 14.7. The standard InChI is InChI=1S/C17H24BNO4/c1-11(2)10-19-13-8-7-12(9-14(13)21-15(19)20)18-22-16(3,4)17(5,6)23-18/h7-9,11H,10H2,1-6H3. The van der Waals surface area contributed by atoms with Crippen LogP contribution in [-0.2, 0) is 15.9 Å². The molecule has 124 valence electrons. The van der Waals surface area contributed by atoms with Crippen LogP contribution < -0.4 is 11.2 Å². The lowest BCUT2D eigenvalue weighted by atomic mass is 9.79. The highest BCUT2D eigenvalue weighted by molar-refractivity contribution is 6.62. The Hall–Kier alpha value is -1.53. The molecule has 23 heavy (non-hydrogen) atoms. The zero-order chi connectivity index (χ0) is 17.0. The summed E-state index contributed by atoms with van der Waals surface area (Å²) in [5.41, 5.74) is 1.46. The highest BCUT2D eigenvalue weighted by Gasteiger charge is 2.51. The molecule has 0 radical (unpaired) electrons. The fourth-order valence-corrected chi connectivity index (χ4v) is 2.75. The molecule has 0 amide bonds. The Kier molecular flexibility index (Phi) is 3.73. The lowest BCUT2D eigenvalue weighted by Gasteiger charge is -2.32. The highest BCUT2D eigenvalue weighted by atomic mass is 16.7. The van der Waals surface area contributed by atoms with Gasteiger partial charge in [-0.15, -0.1) is 0 Å². The first kappa shape index (κ1) is 16.3. The molecule has 5 nitrogen and oxygen atoms in total. The van der Waals surface area contributed by atoms with Gasteiger partial charge in [-0.2, -0.15) is 0 Å². The lowest BCUT2D eigenvalue weighted by molar-refractivity contribution is 0.00578. The van der Waals surface area contributed by atoms with Gasteiger partial charge in [0.1, 0.15) is 0 Å². The van der Waals surface area contributed by atoms with Crippen molar-refractivity contribution in [3.05, 3.63) is 28.7 Å². The molecular formula is C17H24BNO4. The van der Waals surface area contributed by atoms with Gasteiger partial charge in [0.25, 0.3) is 0 Å². The van der Waals surface area contributed by atoms with Gasteiger partial charge in [0.15, 0.2) is 5.58 Å². The van der Waals surface area contributed by atoms with E-state index in [1.807, 2.05) is 45.9 Å². The van der Waals surface area contributed by atoms with E-state index in [9.17, 15) is 4.79 Å². The number of nitrogens with zero attached hydrogens (tertiary/aromatic N) is 1. The lowest BCUT2D eigenvalue weighted by Crippen LogP contribution is -2.41. The molecule has 1 aromatic heterocycles. The molecule has 2 heterocycles. The molecule has 0 atom stereocenters. The Morgan fingerprint density at radius 3 is 2.30 bits per heavy atom. The third-order valence-corrected chi connectivity index (χ3v) is 4.77. The third kappa shape index (κ3) is 2.74. The number of hydrogen-bond donors (Lipinski definition) is 0. The van der Waals surface area contributed by atoms with Crippen molar-refractivity contribution in [3.8, 4) is 0 Å². The van der Waals surface area contributed by atoms with Crippen molar-refractivity contribution < 1.29 is 13.7 Å². The number of rotatable bonds is 3. The quantitative estimate of drug-likeness (QED) is 0.817. The molecular weight excluding hydrogens is 293 g/mol. The van der Waals surface area contributed by atoms with E-state index in [-0.39, 0.29) is 5.76 Å². The van der Waals surface area contributed by atoms with Crippen LogP contribution >= 0.6 is 0 Å². The topological polar surface area (TPSA) is 53.6 Å². The first-order valence-electron chi connectivity index (χ1n) is 8.10. The molecule has 3 rings (SSSR count). The van der Waals surface area contributed by atoms with Gasteiger partial charge in [-0.25, -0.2) is 4.79 Å². The van der Waals surface area contributed by atoms with Gasteiger partial charge in [-0.1, -0.05) is 19.9 Å². The van der Waals surface area contributed by atoms with Crippen LogP contribution in [0.5, 0.6) is 0 Å². The van der Waals surface area contributed by atoms with Gasteiger partial charge in [-0.3, -0.25) is 4.57 Å².